The molecule has 70 valence electrons. The largest absolute Gasteiger partial charge is 0.368 e. The van der Waals surface area contributed by atoms with Crippen LogP contribution in [0.4, 0.5) is 5.69 Å². The second-order valence-electron chi connectivity index (χ2n) is 3.55. The zero-order chi connectivity index (χ0) is 9.10. The molecule has 2 nitrogen and oxygen atoms in total. The van der Waals surface area contributed by atoms with Crippen molar-refractivity contribution in [1.82, 2.24) is 0 Å². The van der Waals surface area contributed by atoms with Crippen LogP contribution in [0.1, 0.15) is 12.8 Å². The van der Waals surface area contributed by atoms with Gasteiger partial charge in [0, 0.05) is 18.3 Å². The monoisotopic (exact) mass is 176 g/mol. The van der Waals surface area contributed by atoms with E-state index in [-0.39, 0.29) is 0 Å². The molecule has 0 spiro atoms. The molecule has 2 rings (SSSR count). The van der Waals surface area contributed by atoms with Crippen molar-refractivity contribution >= 4 is 5.69 Å². The van der Waals surface area contributed by atoms with Crippen molar-refractivity contribution < 1.29 is 0 Å². The van der Waals surface area contributed by atoms with E-state index in [1.807, 2.05) is 0 Å². The zero-order valence-corrected chi connectivity index (χ0v) is 7.82. The Bertz CT molecular complexity index is 258. The molecule has 1 unspecified atom stereocenters. The highest BCUT2D eigenvalue weighted by Crippen LogP contribution is 2.27. The number of hydrogen-bond donors (Lipinski definition) is 1. The minimum absolute atomic E-state index is 0.687. The standard InChI is InChI=1S/C11H16N2/c12-8-6-11-7-9-13(11)10-4-2-1-3-5-10/h1-5,11H,6-9,12H2. The summed E-state index contributed by atoms with van der Waals surface area (Å²) >= 11 is 0. The first kappa shape index (κ1) is 8.57. The molecule has 1 aromatic rings. The number of nitrogens with zero attached hydrogens (tertiary/aromatic N) is 1. The first-order valence-corrected chi connectivity index (χ1v) is 4.93. The van der Waals surface area contributed by atoms with Crippen LogP contribution in [-0.2, 0) is 0 Å². The highest BCUT2D eigenvalue weighted by atomic mass is 15.2. The van der Waals surface area contributed by atoms with Crippen molar-refractivity contribution in [2.45, 2.75) is 18.9 Å². The molecule has 1 aliphatic rings. The van der Waals surface area contributed by atoms with Crippen LogP contribution in [-0.4, -0.2) is 19.1 Å². The van der Waals surface area contributed by atoms with Crippen LogP contribution in [0.5, 0.6) is 0 Å². The maximum atomic E-state index is 5.55. The van der Waals surface area contributed by atoms with Crippen molar-refractivity contribution in [2.24, 2.45) is 5.73 Å². The minimum atomic E-state index is 0.687. The number of anilines is 1. The van der Waals surface area contributed by atoms with Gasteiger partial charge in [-0.05, 0) is 31.5 Å². The molecule has 1 aliphatic heterocycles. The van der Waals surface area contributed by atoms with Gasteiger partial charge in [-0.15, -0.1) is 0 Å². The summed E-state index contributed by atoms with van der Waals surface area (Å²) in [5.74, 6) is 0. The molecule has 13 heavy (non-hydrogen) atoms. The van der Waals surface area contributed by atoms with Crippen LogP contribution in [0.25, 0.3) is 0 Å². The lowest BCUT2D eigenvalue weighted by atomic mass is 9.98. The van der Waals surface area contributed by atoms with E-state index in [9.17, 15) is 0 Å². The molecule has 2 N–H and O–H groups in total. The van der Waals surface area contributed by atoms with E-state index in [0.717, 1.165) is 13.0 Å². The molecule has 2 heteroatoms. The molecule has 0 radical (unpaired) electrons. The Morgan fingerprint density at radius 3 is 2.62 bits per heavy atom. The first-order valence-electron chi connectivity index (χ1n) is 4.93. The molecular formula is C11H16N2. The van der Waals surface area contributed by atoms with E-state index >= 15 is 0 Å². The molecule has 1 heterocycles. The lowest BCUT2D eigenvalue weighted by Crippen LogP contribution is -2.48. The van der Waals surface area contributed by atoms with E-state index in [1.54, 1.807) is 0 Å². The summed E-state index contributed by atoms with van der Waals surface area (Å²) in [6.07, 6.45) is 2.42. The van der Waals surface area contributed by atoms with Gasteiger partial charge in [-0.1, -0.05) is 18.2 Å². The Hall–Kier alpha value is -1.02. The fourth-order valence-electron chi connectivity index (χ4n) is 1.89. The van der Waals surface area contributed by atoms with Crippen LogP contribution >= 0.6 is 0 Å². The average molecular weight is 176 g/mol. The molecule has 0 saturated carbocycles. The van der Waals surface area contributed by atoms with E-state index in [2.05, 4.69) is 35.2 Å². The van der Waals surface area contributed by atoms with Gasteiger partial charge in [-0.25, -0.2) is 0 Å². The maximum Gasteiger partial charge on any atom is 0.0368 e. The molecule has 0 bridgehead atoms. The van der Waals surface area contributed by atoms with Gasteiger partial charge in [0.2, 0.25) is 0 Å². The SMILES string of the molecule is NCCC1CCN1c1ccccc1. The quantitative estimate of drug-likeness (QED) is 0.758. The third-order valence-electron chi connectivity index (χ3n) is 2.73. The molecule has 1 saturated heterocycles. The van der Waals surface area contributed by atoms with Crippen molar-refractivity contribution in [3.63, 3.8) is 0 Å². The van der Waals surface area contributed by atoms with Crippen LogP contribution in [0.3, 0.4) is 0 Å². The number of benzene rings is 1. The summed E-state index contributed by atoms with van der Waals surface area (Å²) in [6.45, 7) is 1.99. The van der Waals surface area contributed by atoms with Gasteiger partial charge in [0.05, 0.1) is 0 Å². The molecule has 1 aromatic carbocycles. The number of para-hydroxylation sites is 1. The van der Waals surface area contributed by atoms with E-state index in [1.165, 1.54) is 18.7 Å². The second-order valence-corrected chi connectivity index (χ2v) is 3.55. The van der Waals surface area contributed by atoms with Crippen molar-refractivity contribution in [1.29, 1.82) is 0 Å². The molecule has 1 fully saturated rings. The summed E-state index contributed by atoms with van der Waals surface area (Å²) in [4.78, 5) is 2.44. The number of nitrogens with two attached hydrogens (primary N) is 1. The Labute approximate surface area is 79.4 Å². The third-order valence-corrected chi connectivity index (χ3v) is 2.73. The third kappa shape index (κ3) is 1.68. The number of rotatable bonds is 3. The van der Waals surface area contributed by atoms with Gasteiger partial charge >= 0.3 is 0 Å². The first-order chi connectivity index (χ1) is 6.42. The van der Waals surface area contributed by atoms with Crippen LogP contribution in [0, 0.1) is 0 Å². The summed E-state index contributed by atoms with van der Waals surface area (Å²) in [6, 6.07) is 11.3. The van der Waals surface area contributed by atoms with Gasteiger partial charge in [-0.2, -0.15) is 0 Å². The van der Waals surface area contributed by atoms with E-state index < -0.39 is 0 Å². The summed E-state index contributed by atoms with van der Waals surface area (Å²) in [5.41, 5.74) is 6.89. The highest BCUT2D eigenvalue weighted by Gasteiger charge is 2.26. The molecule has 0 amide bonds. The van der Waals surface area contributed by atoms with Gasteiger partial charge in [0.25, 0.3) is 0 Å². The van der Waals surface area contributed by atoms with Gasteiger partial charge < -0.3 is 10.6 Å². The fraction of sp³-hybridized carbons (Fsp3) is 0.455. The van der Waals surface area contributed by atoms with Crippen molar-refractivity contribution in [2.75, 3.05) is 18.0 Å². The molecule has 0 aromatic heterocycles. The predicted molar refractivity (Wildman–Crippen MR) is 55.9 cm³/mol. The van der Waals surface area contributed by atoms with Crippen molar-refractivity contribution in [3.8, 4) is 0 Å². The van der Waals surface area contributed by atoms with Gasteiger partial charge in [-0.3, -0.25) is 0 Å². The number of hydrogen-bond acceptors (Lipinski definition) is 2. The lowest BCUT2D eigenvalue weighted by Gasteiger charge is -2.43. The Morgan fingerprint density at radius 1 is 1.31 bits per heavy atom. The molecular weight excluding hydrogens is 160 g/mol. The van der Waals surface area contributed by atoms with Gasteiger partial charge in [0.1, 0.15) is 0 Å². The zero-order valence-electron chi connectivity index (χ0n) is 7.82. The second kappa shape index (κ2) is 3.79. The predicted octanol–water partition coefficient (Wildman–Crippen LogP) is 1.61. The highest BCUT2D eigenvalue weighted by molar-refractivity contribution is 5.49. The fourth-order valence-corrected chi connectivity index (χ4v) is 1.89. The Kier molecular flexibility index (Phi) is 2.50. The summed E-state index contributed by atoms with van der Waals surface area (Å²) < 4.78 is 0. The Balaban J connectivity index is 2.02. The Morgan fingerprint density at radius 2 is 2.08 bits per heavy atom. The van der Waals surface area contributed by atoms with Crippen LogP contribution < -0.4 is 10.6 Å². The maximum absolute atomic E-state index is 5.55. The topological polar surface area (TPSA) is 29.3 Å². The van der Waals surface area contributed by atoms with E-state index in [0.29, 0.717) is 6.04 Å². The van der Waals surface area contributed by atoms with E-state index in [4.69, 9.17) is 5.73 Å². The smallest absolute Gasteiger partial charge is 0.0368 e. The summed E-state index contributed by atoms with van der Waals surface area (Å²) in [5, 5.41) is 0. The minimum Gasteiger partial charge on any atom is -0.368 e. The van der Waals surface area contributed by atoms with Crippen LogP contribution in [0.2, 0.25) is 0 Å². The molecule has 1 atom stereocenters. The van der Waals surface area contributed by atoms with Gasteiger partial charge in [0.15, 0.2) is 0 Å². The van der Waals surface area contributed by atoms with Crippen molar-refractivity contribution in [3.05, 3.63) is 30.3 Å². The average Bonchev–Trinajstić information content (AvgIpc) is 2.14. The van der Waals surface area contributed by atoms with Crippen LogP contribution in [0.15, 0.2) is 30.3 Å². The lowest BCUT2D eigenvalue weighted by molar-refractivity contribution is 0.428. The normalized spacial score (nSPS) is 21.3. The molecule has 0 aliphatic carbocycles. The summed E-state index contributed by atoms with van der Waals surface area (Å²) in [7, 11) is 0.